The Kier molecular flexibility index (Phi) is 3.18. The summed E-state index contributed by atoms with van der Waals surface area (Å²) in [6.07, 6.45) is 5.49. The molecule has 2 aromatic rings. The molecule has 1 N–H and O–H groups in total. The van der Waals surface area contributed by atoms with Gasteiger partial charge >= 0.3 is 0 Å². The molecule has 0 atom stereocenters. The molecule has 0 aliphatic carbocycles. The van der Waals surface area contributed by atoms with Crippen molar-refractivity contribution >= 4 is 0 Å². The Balaban J connectivity index is 2.25. The van der Waals surface area contributed by atoms with Gasteiger partial charge in [-0.15, -0.1) is 0 Å². The predicted molar refractivity (Wildman–Crippen MR) is 62.6 cm³/mol. The number of hydrogen-bond acceptors (Lipinski definition) is 1. The van der Waals surface area contributed by atoms with E-state index in [1.165, 1.54) is 29.7 Å². The molecule has 1 aromatic carbocycles. The third-order valence-corrected chi connectivity index (χ3v) is 2.58. The molecule has 0 unspecified atom stereocenters. The lowest BCUT2D eigenvalue weighted by Crippen LogP contribution is -1.86. The Bertz CT molecular complexity index is 403. The van der Waals surface area contributed by atoms with E-state index < -0.39 is 0 Å². The smallest absolute Gasteiger partial charge is 0.0682 e. The number of unbranched alkanes of at least 4 members (excludes halogenated alkanes) is 1. The second kappa shape index (κ2) is 4.78. The summed E-state index contributed by atoms with van der Waals surface area (Å²) in [6, 6.07) is 10.4. The summed E-state index contributed by atoms with van der Waals surface area (Å²) < 4.78 is 0. The van der Waals surface area contributed by atoms with Crippen molar-refractivity contribution in [3.8, 4) is 11.3 Å². The molecule has 2 rings (SSSR count). The van der Waals surface area contributed by atoms with Crippen LogP contribution in [0.15, 0.2) is 36.5 Å². The minimum atomic E-state index is 1.11. The minimum absolute atomic E-state index is 1.11. The van der Waals surface area contributed by atoms with E-state index in [4.69, 9.17) is 0 Å². The summed E-state index contributed by atoms with van der Waals surface area (Å²) >= 11 is 0. The lowest BCUT2D eigenvalue weighted by molar-refractivity contribution is 0.796. The van der Waals surface area contributed by atoms with Crippen LogP contribution < -0.4 is 0 Å². The summed E-state index contributed by atoms with van der Waals surface area (Å²) in [5.41, 5.74) is 3.72. The number of nitrogens with one attached hydrogen (secondary N) is 1. The molecule has 15 heavy (non-hydrogen) atoms. The van der Waals surface area contributed by atoms with Gasteiger partial charge in [-0.1, -0.05) is 43.7 Å². The number of rotatable bonds is 4. The van der Waals surface area contributed by atoms with Crippen LogP contribution in [0.2, 0.25) is 0 Å². The molecule has 0 spiro atoms. The topological polar surface area (TPSA) is 28.7 Å². The highest BCUT2D eigenvalue weighted by molar-refractivity contribution is 5.62. The number of aromatic nitrogens is 2. The molecule has 78 valence electrons. The van der Waals surface area contributed by atoms with E-state index in [9.17, 15) is 0 Å². The molecule has 1 aromatic heterocycles. The van der Waals surface area contributed by atoms with Crippen molar-refractivity contribution in [2.45, 2.75) is 26.2 Å². The number of benzene rings is 1. The minimum Gasteiger partial charge on any atom is -0.278 e. The second-order valence-corrected chi connectivity index (χ2v) is 3.74. The van der Waals surface area contributed by atoms with Gasteiger partial charge in [-0.3, -0.25) is 5.10 Å². The molecule has 2 heteroatoms. The van der Waals surface area contributed by atoms with Crippen LogP contribution in [0.5, 0.6) is 0 Å². The zero-order valence-electron chi connectivity index (χ0n) is 9.03. The molecule has 0 fully saturated rings. The van der Waals surface area contributed by atoms with Gasteiger partial charge in [0.15, 0.2) is 0 Å². The van der Waals surface area contributed by atoms with Gasteiger partial charge in [0.2, 0.25) is 0 Å². The number of H-pyrrole nitrogens is 1. The van der Waals surface area contributed by atoms with Crippen molar-refractivity contribution < 1.29 is 0 Å². The average molecular weight is 200 g/mol. The lowest BCUT2D eigenvalue weighted by atomic mass is 10.0. The molecule has 0 saturated heterocycles. The highest BCUT2D eigenvalue weighted by atomic mass is 15.1. The molecule has 0 aliphatic heterocycles. The van der Waals surface area contributed by atoms with Gasteiger partial charge in [-0.2, -0.15) is 5.10 Å². The van der Waals surface area contributed by atoms with E-state index in [-0.39, 0.29) is 0 Å². The fraction of sp³-hybridized carbons (Fsp3) is 0.308. The highest BCUT2D eigenvalue weighted by Crippen LogP contribution is 2.21. The summed E-state index contributed by atoms with van der Waals surface area (Å²) in [5, 5.41) is 7.21. The van der Waals surface area contributed by atoms with Crippen LogP contribution in [0.1, 0.15) is 25.3 Å². The molecule has 1 heterocycles. The van der Waals surface area contributed by atoms with Crippen molar-refractivity contribution in [1.82, 2.24) is 10.2 Å². The first-order valence-electron chi connectivity index (χ1n) is 5.49. The monoisotopic (exact) mass is 200 g/mol. The van der Waals surface area contributed by atoms with E-state index in [0.29, 0.717) is 0 Å². The fourth-order valence-electron chi connectivity index (χ4n) is 1.72. The maximum absolute atomic E-state index is 4.13. The summed E-state index contributed by atoms with van der Waals surface area (Å²) in [7, 11) is 0. The van der Waals surface area contributed by atoms with Crippen molar-refractivity contribution in [2.75, 3.05) is 0 Å². The van der Waals surface area contributed by atoms with Gasteiger partial charge in [0.1, 0.15) is 0 Å². The standard InChI is InChI=1S/C13H16N2/c1-2-3-7-12-10-14-15-13(12)11-8-5-4-6-9-11/h4-6,8-10H,2-3,7H2,1H3,(H,14,15). The maximum Gasteiger partial charge on any atom is 0.0682 e. The van der Waals surface area contributed by atoms with E-state index in [1.807, 2.05) is 12.3 Å². The number of nitrogens with zero attached hydrogens (tertiary/aromatic N) is 1. The number of hydrogen-bond donors (Lipinski definition) is 1. The largest absolute Gasteiger partial charge is 0.278 e. The molecular formula is C13H16N2. The van der Waals surface area contributed by atoms with E-state index in [1.54, 1.807) is 0 Å². The van der Waals surface area contributed by atoms with Gasteiger partial charge in [0.25, 0.3) is 0 Å². The second-order valence-electron chi connectivity index (χ2n) is 3.74. The Morgan fingerprint density at radius 3 is 2.73 bits per heavy atom. The van der Waals surface area contributed by atoms with Crippen LogP contribution in [-0.4, -0.2) is 10.2 Å². The zero-order chi connectivity index (χ0) is 10.5. The normalized spacial score (nSPS) is 10.5. The SMILES string of the molecule is CCCCc1cn[nH]c1-c1ccccc1. The van der Waals surface area contributed by atoms with Crippen LogP contribution in [0.3, 0.4) is 0 Å². The Hall–Kier alpha value is -1.57. The van der Waals surface area contributed by atoms with E-state index in [0.717, 1.165) is 6.42 Å². The van der Waals surface area contributed by atoms with Crippen LogP contribution in [0.4, 0.5) is 0 Å². The number of aryl methyl sites for hydroxylation is 1. The van der Waals surface area contributed by atoms with Crippen molar-refractivity contribution in [3.05, 3.63) is 42.1 Å². The number of aromatic amines is 1. The van der Waals surface area contributed by atoms with E-state index in [2.05, 4.69) is 41.4 Å². The molecule has 0 radical (unpaired) electrons. The lowest BCUT2D eigenvalue weighted by Gasteiger charge is -2.01. The molecule has 2 nitrogen and oxygen atoms in total. The molecule has 0 saturated carbocycles. The fourth-order valence-corrected chi connectivity index (χ4v) is 1.72. The first-order chi connectivity index (χ1) is 7.42. The van der Waals surface area contributed by atoms with Gasteiger partial charge in [-0.05, 0) is 24.0 Å². The van der Waals surface area contributed by atoms with Gasteiger partial charge in [0.05, 0.1) is 11.9 Å². The summed E-state index contributed by atoms with van der Waals surface area (Å²) in [4.78, 5) is 0. The zero-order valence-corrected chi connectivity index (χ0v) is 9.03. The van der Waals surface area contributed by atoms with Crippen LogP contribution in [0, 0.1) is 0 Å². The van der Waals surface area contributed by atoms with Gasteiger partial charge in [0, 0.05) is 0 Å². The average Bonchev–Trinajstić information content (AvgIpc) is 2.75. The van der Waals surface area contributed by atoms with Crippen molar-refractivity contribution in [1.29, 1.82) is 0 Å². The maximum atomic E-state index is 4.13. The molecule has 0 amide bonds. The van der Waals surface area contributed by atoms with Crippen LogP contribution in [0.25, 0.3) is 11.3 Å². The first kappa shape index (κ1) is 9.97. The van der Waals surface area contributed by atoms with E-state index >= 15 is 0 Å². The third-order valence-electron chi connectivity index (χ3n) is 2.58. The van der Waals surface area contributed by atoms with Crippen molar-refractivity contribution in [2.24, 2.45) is 0 Å². The van der Waals surface area contributed by atoms with Gasteiger partial charge < -0.3 is 0 Å². The first-order valence-corrected chi connectivity index (χ1v) is 5.49. The van der Waals surface area contributed by atoms with Crippen molar-refractivity contribution in [3.63, 3.8) is 0 Å². The Morgan fingerprint density at radius 2 is 2.00 bits per heavy atom. The highest BCUT2D eigenvalue weighted by Gasteiger charge is 2.05. The summed E-state index contributed by atoms with van der Waals surface area (Å²) in [6.45, 7) is 2.21. The summed E-state index contributed by atoms with van der Waals surface area (Å²) in [5.74, 6) is 0. The third kappa shape index (κ3) is 2.27. The Labute approximate surface area is 90.3 Å². The molecule has 0 aliphatic rings. The quantitative estimate of drug-likeness (QED) is 0.804. The Morgan fingerprint density at radius 1 is 1.20 bits per heavy atom. The van der Waals surface area contributed by atoms with Crippen LogP contribution >= 0.6 is 0 Å². The van der Waals surface area contributed by atoms with Gasteiger partial charge in [-0.25, -0.2) is 0 Å². The van der Waals surface area contributed by atoms with Crippen LogP contribution in [-0.2, 0) is 6.42 Å². The predicted octanol–water partition coefficient (Wildman–Crippen LogP) is 3.42. The molecule has 0 bridgehead atoms. The molecular weight excluding hydrogens is 184 g/mol.